The molecule has 1 heterocycles. The zero-order valence-corrected chi connectivity index (χ0v) is 43.4. The Bertz CT molecular complexity index is 1100. The zero-order valence-electron chi connectivity index (χ0n) is 43.4. The Morgan fingerprint density at radius 3 is 1.25 bits per heavy atom. The lowest BCUT2D eigenvalue weighted by Gasteiger charge is -2.40. The van der Waals surface area contributed by atoms with Crippen LogP contribution in [0.4, 0.5) is 0 Å². The van der Waals surface area contributed by atoms with Crippen LogP contribution in [0.15, 0.2) is 12.2 Å². The molecule has 9 atom stereocenters. The maximum atomic E-state index is 13.1. The average Bonchev–Trinajstić information content (AvgIpc) is 3.33. The molecule has 398 valence electrons. The third-order valence-corrected chi connectivity index (χ3v) is 14.1. The summed E-state index contributed by atoms with van der Waals surface area (Å²) in [4.78, 5) is 13.1. The molecule has 0 aromatic heterocycles. The highest BCUT2D eigenvalue weighted by atomic mass is 16.7. The number of hydrogen-bond acceptors (Lipinski definition) is 10. The van der Waals surface area contributed by atoms with Gasteiger partial charge in [0.1, 0.15) is 36.6 Å². The van der Waals surface area contributed by atoms with Crippen LogP contribution in [-0.4, -0.2) is 110 Å². The fraction of sp³-hybridized carbons (Fsp3) is 0.946. The van der Waals surface area contributed by atoms with E-state index in [-0.39, 0.29) is 6.42 Å². The van der Waals surface area contributed by atoms with Crippen molar-refractivity contribution in [1.82, 2.24) is 5.32 Å². The van der Waals surface area contributed by atoms with Crippen molar-refractivity contribution in [2.75, 3.05) is 13.2 Å². The second-order valence-corrected chi connectivity index (χ2v) is 20.4. The summed E-state index contributed by atoms with van der Waals surface area (Å²) in [7, 11) is 0. The summed E-state index contributed by atoms with van der Waals surface area (Å²) >= 11 is 0. The summed E-state index contributed by atoms with van der Waals surface area (Å²) < 4.78 is 11.1. The first kappa shape index (κ1) is 63.9. The lowest BCUT2D eigenvalue weighted by atomic mass is 9.98. The van der Waals surface area contributed by atoms with Crippen molar-refractivity contribution in [1.29, 1.82) is 0 Å². The van der Waals surface area contributed by atoms with Crippen LogP contribution in [0.25, 0.3) is 0 Å². The highest BCUT2D eigenvalue weighted by Crippen LogP contribution is 2.23. The van der Waals surface area contributed by atoms with Gasteiger partial charge in [-0.05, 0) is 38.5 Å². The van der Waals surface area contributed by atoms with E-state index in [0.717, 1.165) is 38.5 Å². The van der Waals surface area contributed by atoms with Crippen LogP contribution in [0, 0.1) is 0 Å². The number of ether oxygens (including phenoxy) is 2. The van der Waals surface area contributed by atoms with E-state index in [0.29, 0.717) is 19.3 Å². The summed E-state index contributed by atoms with van der Waals surface area (Å²) in [5, 5.41) is 75.9. The van der Waals surface area contributed by atoms with Crippen LogP contribution < -0.4 is 5.32 Å². The molecule has 1 rings (SSSR count). The quantitative estimate of drug-likeness (QED) is 0.0215. The first-order valence-electron chi connectivity index (χ1n) is 28.6. The van der Waals surface area contributed by atoms with E-state index in [9.17, 15) is 40.5 Å². The lowest BCUT2D eigenvalue weighted by Crippen LogP contribution is -2.60. The van der Waals surface area contributed by atoms with Crippen LogP contribution in [-0.2, 0) is 14.3 Å². The Hall–Kier alpha value is -1.15. The maximum absolute atomic E-state index is 13.1. The Balaban J connectivity index is 2.21. The minimum atomic E-state index is -1.66. The largest absolute Gasteiger partial charge is 0.394 e. The van der Waals surface area contributed by atoms with Crippen LogP contribution in [0.1, 0.15) is 271 Å². The molecule has 0 radical (unpaired) electrons. The number of amides is 1. The molecule has 11 heteroatoms. The molecule has 11 nitrogen and oxygen atoms in total. The molecule has 67 heavy (non-hydrogen) atoms. The second-order valence-electron chi connectivity index (χ2n) is 20.4. The highest BCUT2D eigenvalue weighted by molar-refractivity contribution is 5.80. The molecule has 9 unspecified atom stereocenters. The molecule has 0 aliphatic carbocycles. The Kier molecular flexibility index (Phi) is 43.8. The first-order valence-corrected chi connectivity index (χ1v) is 28.6. The van der Waals surface area contributed by atoms with Gasteiger partial charge in [-0.1, -0.05) is 244 Å². The predicted molar refractivity (Wildman–Crippen MR) is 275 cm³/mol. The SMILES string of the molecule is CCCCCCCCCCCCCC/C=C\CCCCCCCCCCCCCCCC(O)C(=O)NC(COC1OC(CO)C(O)C(O)C1O)C(O)C(O)CCCCCCCCCCCCC. The molecule has 0 aromatic rings. The summed E-state index contributed by atoms with van der Waals surface area (Å²) in [5.41, 5.74) is 0. The summed E-state index contributed by atoms with van der Waals surface area (Å²) in [6, 6.07) is -1.16. The van der Waals surface area contributed by atoms with Crippen molar-refractivity contribution in [2.24, 2.45) is 0 Å². The molecule has 1 fully saturated rings. The van der Waals surface area contributed by atoms with E-state index in [1.54, 1.807) is 0 Å². The van der Waals surface area contributed by atoms with Gasteiger partial charge in [0.05, 0.1) is 25.4 Å². The van der Waals surface area contributed by atoms with Gasteiger partial charge < -0.3 is 50.5 Å². The molecule has 1 aliphatic heterocycles. The molecule has 0 bridgehead atoms. The first-order chi connectivity index (χ1) is 32.7. The van der Waals surface area contributed by atoms with Crippen molar-refractivity contribution >= 4 is 5.91 Å². The van der Waals surface area contributed by atoms with E-state index in [1.807, 2.05) is 0 Å². The lowest BCUT2D eigenvalue weighted by molar-refractivity contribution is -0.303. The average molecular weight is 956 g/mol. The van der Waals surface area contributed by atoms with Gasteiger partial charge >= 0.3 is 0 Å². The number of unbranched alkanes of at least 4 members (excludes halogenated alkanes) is 35. The van der Waals surface area contributed by atoms with E-state index in [1.165, 1.54) is 193 Å². The molecule has 1 saturated heterocycles. The van der Waals surface area contributed by atoms with Gasteiger partial charge in [-0.2, -0.15) is 0 Å². The van der Waals surface area contributed by atoms with E-state index >= 15 is 0 Å². The van der Waals surface area contributed by atoms with E-state index in [4.69, 9.17) is 9.47 Å². The van der Waals surface area contributed by atoms with Crippen molar-refractivity contribution in [3.63, 3.8) is 0 Å². The zero-order chi connectivity index (χ0) is 49.0. The summed E-state index contributed by atoms with van der Waals surface area (Å²) in [5.74, 6) is -0.694. The summed E-state index contributed by atoms with van der Waals surface area (Å²) in [6.45, 7) is 3.46. The van der Waals surface area contributed by atoms with Crippen molar-refractivity contribution in [3.8, 4) is 0 Å². The van der Waals surface area contributed by atoms with Crippen LogP contribution in [0.2, 0.25) is 0 Å². The van der Waals surface area contributed by atoms with Crippen LogP contribution in [0.3, 0.4) is 0 Å². The second kappa shape index (κ2) is 46.0. The van der Waals surface area contributed by atoms with Crippen LogP contribution >= 0.6 is 0 Å². The fourth-order valence-corrected chi connectivity index (χ4v) is 9.38. The molecule has 0 spiro atoms. The number of allylic oxidation sites excluding steroid dienone is 2. The van der Waals surface area contributed by atoms with Gasteiger partial charge in [0.2, 0.25) is 5.91 Å². The number of hydrogen-bond donors (Lipinski definition) is 8. The molecule has 8 N–H and O–H groups in total. The van der Waals surface area contributed by atoms with Gasteiger partial charge in [0.25, 0.3) is 0 Å². The third-order valence-electron chi connectivity index (χ3n) is 14.1. The highest BCUT2D eigenvalue weighted by Gasteiger charge is 2.44. The smallest absolute Gasteiger partial charge is 0.249 e. The Morgan fingerprint density at radius 2 is 0.866 bits per heavy atom. The van der Waals surface area contributed by atoms with Gasteiger partial charge in [0.15, 0.2) is 6.29 Å². The maximum Gasteiger partial charge on any atom is 0.249 e. The monoisotopic (exact) mass is 956 g/mol. The Morgan fingerprint density at radius 1 is 0.507 bits per heavy atom. The minimum Gasteiger partial charge on any atom is -0.394 e. The number of rotatable bonds is 49. The van der Waals surface area contributed by atoms with Crippen molar-refractivity contribution < 1.29 is 50.0 Å². The molecule has 1 amide bonds. The topological polar surface area (TPSA) is 189 Å². The fourth-order valence-electron chi connectivity index (χ4n) is 9.38. The Labute approximate surface area is 411 Å². The third kappa shape index (κ3) is 34.8. The minimum absolute atomic E-state index is 0.263. The van der Waals surface area contributed by atoms with E-state index < -0.39 is 74.2 Å². The van der Waals surface area contributed by atoms with Crippen molar-refractivity contribution in [3.05, 3.63) is 12.2 Å². The number of aliphatic hydroxyl groups excluding tert-OH is 7. The van der Waals surface area contributed by atoms with Gasteiger partial charge in [0, 0.05) is 0 Å². The van der Waals surface area contributed by atoms with Gasteiger partial charge in [-0.25, -0.2) is 0 Å². The molecular formula is C56H109NO10. The summed E-state index contributed by atoms with van der Waals surface area (Å²) in [6.07, 6.45) is 41.4. The normalized spacial score (nSPS) is 20.6. The van der Waals surface area contributed by atoms with Gasteiger partial charge in [-0.15, -0.1) is 0 Å². The number of carbonyl (C=O) groups excluding carboxylic acids is 1. The standard InChI is InChI=1S/C56H109NO10/c1-3-5-7-9-11-13-15-16-17-18-19-20-21-22-23-24-25-26-27-28-29-30-31-32-34-36-38-40-42-44-49(60)55(65)57-47(46-66-56-54(64)53(63)52(62)50(45-58)67-56)51(61)48(59)43-41-39-37-35-33-14-12-10-8-6-4-2/h22-23,47-54,56,58-64H,3-21,24-46H2,1-2H3,(H,57,65)/b23-22-. The van der Waals surface area contributed by atoms with E-state index in [2.05, 4.69) is 31.3 Å². The molecule has 0 saturated carbocycles. The number of carbonyl (C=O) groups is 1. The molecular weight excluding hydrogens is 847 g/mol. The predicted octanol–water partition coefficient (Wildman–Crippen LogP) is 11.6. The van der Waals surface area contributed by atoms with Crippen LogP contribution in [0.5, 0.6) is 0 Å². The van der Waals surface area contributed by atoms with Gasteiger partial charge in [-0.3, -0.25) is 4.79 Å². The molecule has 0 aromatic carbocycles. The number of nitrogens with one attached hydrogen (secondary N) is 1. The number of aliphatic hydroxyl groups is 7. The van der Waals surface area contributed by atoms with Crippen molar-refractivity contribution in [2.45, 2.75) is 326 Å². The molecule has 1 aliphatic rings.